The van der Waals surface area contributed by atoms with E-state index in [1.54, 1.807) is 20.8 Å². The minimum atomic E-state index is -4.50. The van der Waals surface area contributed by atoms with Gasteiger partial charge in [-0.3, -0.25) is 0 Å². The highest BCUT2D eigenvalue weighted by Crippen LogP contribution is 2.31. The van der Waals surface area contributed by atoms with Crippen LogP contribution in [0.15, 0.2) is 16.7 Å². The molecular weight excluding hydrogens is 315 g/mol. The van der Waals surface area contributed by atoms with Crippen molar-refractivity contribution < 1.29 is 22.7 Å². The molecule has 1 heterocycles. The van der Waals surface area contributed by atoms with E-state index in [9.17, 15) is 18.0 Å². The van der Waals surface area contributed by atoms with Crippen LogP contribution in [-0.4, -0.2) is 16.6 Å². The fourth-order valence-corrected chi connectivity index (χ4v) is 1.58. The van der Waals surface area contributed by atoms with Gasteiger partial charge >= 0.3 is 12.1 Å². The summed E-state index contributed by atoms with van der Waals surface area (Å²) in [6.45, 7) is 4.97. The van der Waals surface area contributed by atoms with Crippen LogP contribution in [0.2, 0.25) is 0 Å². The molecule has 0 bridgehead atoms. The number of carbonyl (C=O) groups is 1. The third-order valence-corrected chi connectivity index (χ3v) is 2.37. The van der Waals surface area contributed by atoms with E-state index in [1.807, 2.05) is 0 Å². The zero-order valence-electron chi connectivity index (χ0n) is 9.93. The molecule has 18 heavy (non-hydrogen) atoms. The van der Waals surface area contributed by atoms with Gasteiger partial charge in [0.15, 0.2) is 5.69 Å². The SMILES string of the molecule is CC(C)(C)OC(=O)c1ncc(C(F)(F)F)cc1Br. The Kier molecular flexibility index (Phi) is 4.05. The molecule has 0 aliphatic heterocycles. The zero-order chi connectivity index (χ0) is 14.1. The van der Waals surface area contributed by atoms with Crippen molar-refractivity contribution in [3.63, 3.8) is 0 Å². The second-order valence-electron chi connectivity index (χ2n) is 4.55. The van der Waals surface area contributed by atoms with Crippen LogP contribution in [0.1, 0.15) is 36.8 Å². The number of alkyl halides is 3. The lowest BCUT2D eigenvalue weighted by Crippen LogP contribution is -2.25. The number of halogens is 4. The number of pyridine rings is 1. The van der Waals surface area contributed by atoms with Crippen molar-refractivity contribution in [2.75, 3.05) is 0 Å². The number of rotatable bonds is 1. The first kappa shape index (κ1) is 14.9. The molecule has 0 radical (unpaired) electrons. The van der Waals surface area contributed by atoms with E-state index in [-0.39, 0.29) is 10.2 Å². The molecule has 0 fully saturated rings. The lowest BCUT2D eigenvalue weighted by atomic mass is 10.2. The number of esters is 1. The Labute approximate surface area is 110 Å². The van der Waals surface area contributed by atoms with Crippen LogP contribution in [0.25, 0.3) is 0 Å². The quantitative estimate of drug-likeness (QED) is 0.737. The number of aromatic nitrogens is 1. The van der Waals surface area contributed by atoms with E-state index >= 15 is 0 Å². The van der Waals surface area contributed by atoms with Gasteiger partial charge in [0.2, 0.25) is 0 Å². The first-order valence-corrected chi connectivity index (χ1v) is 5.76. The first-order valence-electron chi connectivity index (χ1n) is 4.97. The summed E-state index contributed by atoms with van der Waals surface area (Å²) in [7, 11) is 0. The van der Waals surface area contributed by atoms with Crippen LogP contribution in [0.3, 0.4) is 0 Å². The van der Waals surface area contributed by atoms with Crippen LogP contribution in [0, 0.1) is 0 Å². The Balaban J connectivity index is 3.03. The topological polar surface area (TPSA) is 39.2 Å². The van der Waals surface area contributed by atoms with Crippen LogP contribution < -0.4 is 0 Å². The third kappa shape index (κ3) is 3.97. The molecule has 0 aromatic carbocycles. The summed E-state index contributed by atoms with van der Waals surface area (Å²) in [6, 6.07) is 0.798. The molecule has 0 spiro atoms. The van der Waals surface area contributed by atoms with E-state index in [4.69, 9.17) is 4.74 Å². The van der Waals surface area contributed by atoms with Crippen molar-refractivity contribution >= 4 is 21.9 Å². The smallest absolute Gasteiger partial charge is 0.417 e. The fourth-order valence-electron chi connectivity index (χ4n) is 1.07. The van der Waals surface area contributed by atoms with Gasteiger partial charge in [0.05, 0.1) is 10.0 Å². The molecule has 0 saturated heterocycles. The molecule has 0 atom stereocenters. The van der Waals surface area contributed by atoms with Gasteiger partial charge in [-0.05, 0) is 42.8 Å². The number of carbonyl (C=O) groups excluding carboxylic acids is 1. The summed E-state index contributed by atoms with van der Waals surface area (Å²) in [4.78, 5) is 15.1. The van der Waals surface area contributed by atoms with Crippen molar-refractivity contribution in [1.82, 2.24) is 4.98 Å². The number of hydrogen-bond acceptors (Lipinski definition) is 3. The summed E-state index contributed by atoms with van der Waals surface area (Å²) >= 11 is 2.88. The maximum Gasteiger partial charge on any atom is 0.417 e. The zero-order valence-corrected chi connectivity index (χ0v) is 11.5. The summed E-state index contributed by atoms with van der Waals surface area (Å²) in [5.74, 6) is -0.775. The highest BCUT2D eigenvalue weighted by atomic mass is 79.9. The maximum absolute atomic E-state index is 12.4. The van der Waals surface area contributed by atoms with Crippen molar-refractivity contribution in [1.29, 1.82) is 0 Å². The monoisotopic (exact) mass is 325 g/mol. The normalized spacial score (nSPS) is 12.4. The maximum atomic E-state index is 12.4. The molecule has 0 unspecified atom stereocenters. The van der Waals surface area contributed by atoms with Gasteiger partial charge in [-0.2, -0.15) is 13.2 Å². The van der Waals surface area contributed by atoms with Gasteiger partial charge in [-0.15, -0.1) is 0 Å². The number of nitrogens with zero attached hydrogens (tertiary/aromatic N) is 1. The van der Waals surface area contributed by atoms with Gasteiger partial charge in [0, 0.05) is 6.20 Å². The third-order valence-electron chi connectivity index (χ3n) is 1.76. The highest BCUT2D eigenvalue weighted by Gasteiger charge is 2.32. The van der Waals surface area contributed by atoms with E-state index < -0.39 is 23.3 Å². The lowest BCUT2D eigenvalue weighted by Gasteiger charge is -2.19. The van der Waals surface area contributed by atoms with Crippen LogP contribution in [0.5, 0.6) is 0 Å². The number of hydrogen-bond donors (Lipinski definition) is 0. The minimum Gasteiger partial charge on any atom is -0.455 e. The van der Waals surface area contributed by atoms with Gasteiger partial charge < -0.3 is 4.74 Å². The summed E-state index contributed by atoms with van der Waals surface area (Å²) in [5.41, 5.74) is -1.85. The highest BCUT2D eigenvalue weighted by molar-refractivity contribution is 9.10. The van der Waals surface area contributed by atoms with E-state index in [2.05, 4.69) is 20.9 Å². The Morgan fingerprint density at radius 3 is 2.28 bits per heavy atom. The Morgan fingerprint density at radius 1 is 1.33 bits per heavy atom. The summed E-state index contributed by atoms with van der Waals surface area (Å²) in [6.07, 6.45) is -3.90. The van der Waals surface area contributed by atoms with Gasteiger partial charge in [-0.1, -0.05) is 0 Å². The molecular formula is C11H11BrF3NO2. The Morgan fingerprint density at radius 2 is 1.89 bits per heavy atom. The molecule has 100 valence electrons. The largest absolute Gasteiger partial charge is 0.455 e. The molecule has 0 N–H and O–H groups in total. The van der Waals surface area contributed by atoms with Gasteiger partial charge in [0.25, 0.3) is 0 Å². The molecule has 1 aromatic heterocycles. The number of ether oxygens (including phenoxy) is 1. The first-order chi connectivity index (χ1) is 8.00. The summed E-state index contributed by atoms with van der Waals surface area (Å²) < 4.78 is 42.2. The lowest BCUT2D eigenvalue weighted by molar-refractivity contribution is -0.137. The Hall–Kier alpha value is -1.11. The second kappa shape index (κ2) is 4.87. The molecule has 0 aliphatic rings. The molecule has 7 heteroatoms. The van der Waals surface area contributed by atoms with Crippen molar-refractivity contribution in [2.45, 2.75) is 32.5 Å². The molecule has 0 saturated carbocycles. The molecule has 3 nitrogen and oxygen atoms in total. The van der Waals surface area contributed by atoms with Crippen molar-refractivity contribution in [3.05, 3.63) is 28.0 Å². The second-order valence-corrected chi connectivity index (χ2v) is 5.41. The molecule has 0 amide bonds. The van der Waals surface area contributed by atoms with E-state index in [0.717, 1.165) is 6.07 Å². The Bertz CT molecular complexity index is 466. The van der Waals surface area contributed by atoms with Crippen molar-refractivity contribution in [2.24, 2.45) is 0 Å². The molecule has 0 aliphatic carbocycles. The summed E-state index contributed by atoms with van der Waals surface area (Å²) in [5, 5.41) is 0. The molecule has 1 aromatic rings. The van der Waals surface area contributed by atoms with E-state index in [1.165, 1.54) is 0 Å². The van der Waals surface area contributed by atoms with Gasteiger partial charge in [-0.25, -0.2) is 9.78 Å². The predicted octanol–water partition coefficient (Wildman–Crippen LogP) is 3.82. The standard InChI is InChI=1S/C11H11BrF3NO2/c1-10(2,3)18-9(17)8-7(12)4-6(5-16-8)11(13,14)15/h4-5H,1-3H3. The van der Waals surface area contributed by atoms with Gasteiger partial charge in [0.1, 0.15) is 5.60 Å². The molecule has 1 rings (SSSR count). The van der Waals surface area contributed by atoms with Crippen LogP contribution in [0.4, 0.5) is 13.2 Å². The van der Waals surface area contributed by atoms with Crippen LogP contribution in [-0.2, 0) is 10.9 Å². The van der Waals surface area contributed by atoms with Crippen LogP contribution >= 0.6 is 15.9 Å². The fraction of sp³-hybridized carbons (Fsp3) is 0.455. The minimum absolute atomic E-state index is 0.0495. The van der Waals surface area contributed by atoms with E-state index in [0.29, 0.717) is 6.20 Å². The van der Waals surface area contributed by atoms with Crippen molar-refractivity contribution in [3.8, 4) is 0 Å². The average molecular weight is 326 g/mol. The predicted molar refractivity (Wildman–Crippen MR) is 62.1 cm³/mol. The average Bonchev–Trinajstić information content (AvgIpc) is 2.12.